The van der Waals surface area contributed by atoms with Crippen molar-refractivity contribution in [3.8, 4) is 5.75 Å². The summed E-state index contributed by atoms with van der Waals surface area (Å²) >= 11 is 0. The molecule has 1 aliphatic heterocycles. The van der Waals surface area contributed by atoms with Crippen molar-refractivity contribution in [2.45, 2.75) is 39.5 Å². The van der Waals surface area contributed by atoms with Crippen molar-refractivity contribution in [1.82, 2.24) is 4.90 Å². The summed E-state index contributed by atoms with van der Waals surface area (Å²) in [5.41, 5.74) is 21.5. The Morgan fingerprint density at radius 1 is 1.12 bits per heavy atom. The first kappa shape index (κ1) is 25.6. The Morgan fingerprint density at radius 2 is 1.79 bits per heavy atom. The summed E-state index contributed by atoms with van der Waals surface area (Å²) in [6, 6.07) is 14.4. The number of aromatic hydroxyl groups is 1. The number of carbonyl (C=O) groups excluding carboxylic acids is 1. The smallest absolute Gasteiger partial charge is 0.338 e. The zero-order valence-electron chi connectivity index (χ0n) is 19.8. The van der Waals surface area contributed by atoms with Gasteiger partial charge in [0, 0.05) is 30.3 Å². The van der Waals surface area contributed by atoms with E-state index in [9.17, 15) is 9.90 Å². The maximum atomic E-state index is 11.9. The summed E-state index contributed by atoms with van der Waals surface area (Å²) in [6.45, 7) is 7.66. The number of phenols is 1. The lowest BCUT2D eigenvalue weighted by Gasteiger charge is -2.35. The van der Waals surface area contributed by atoms with Crippen molar-refractivity contribution in [3.63, 3.8) is 0 Å². The third-order valence-corrected chi connectivity index (χ3v) is 5.46. The molecule has 0 aromatic heterocycles. The lowest BCUT2D eigenvalue weighted by atomic mass is 9.89. The first-order chi connectivity index (χ1) is 15.9. The molecule has 33 heavy (non-hydrogen) atoms. The fraction of sp³-hybridized carbons (Fsp3) is 0.346. The van der Waals surface area contributed by atoms with Crippen molar-refractivity contribution in [2.75, 3.05) is 19.7 Å². The number of carbonyl (C=O) groups is 1. The topological polar surface area (TPSA) is 128 Å². The Bertz CT molecular complexity index is 979. The Morgan fingerprint density at radius 3 is 2.39 bits per heavy atom. The van der Waals surface area contributed by atoms with Crippen molar-refractivity contribution in [1.29, 1.82) is 0 Å². The maximum Gasteiger partial charge on any atom is 0.338 e. The van der Waals surface area contributed by atoms with Gasteiger partial charge in [0.05, 0.1) is 17.9 Å². The molecule has 3 rings (SSSR count). The van der Waals surface area contributed by atoms with Gasteiger partial charge in [-0.05, 0) is 55.7 Å². The molecule has 0 aliphatic carbocycles. The number of nitrogens with two attached hydrogens (primary N) is 3. The lowest BCUT2D eigenvalue weighted by Crippen LogP contribution is -2.36. The summed E-state index contributed by atoms with van der Waals surface area (Å²) in [4.78, 5) is 14.0. The number of nitrogens with zero attached hydrogens (tertiary/aromatic N) is 1. The second kappa shape index (κ2) is 12.4. The van der Waals surface area contributed by atoms with Gasteiger partial charge in [-0.1, -0.05) is 38.1 Å². The number of likely N-dealkylation sites (tertiary alicyclic amines) is 1. The number of ether oxygens (including phenoxy) is 1. The first-order valence-corrected chi connectivity index (χ1v) is 11.4. The van der Waals surface area contributed by atoms with Gasteiger partial charge in [-0.15, -0.1) is 0 Å². The van der Waals surface area contributed by atoms with Gasteiger partial charge in [0.1, 0.15) is 11.6 Å². The molecule has 0 bridgehead atoms. The minimum atomic E-state index is -0.315. The van der Waals surface area contributed by atoms with Crippen LogP contribution in [0.2, 0.25) is 0 Å². The highest BCUT2D eigenvalue weighted by Crippen LogP contribution is 2.31. The van der Waals surface area contributed by atoms with Crippen molar-refractivity contribution < 1.29 is 14.6 Å². The maximum absolute atomic E-state index is 11.9. The van der Waals surface area contributed by atoms with Gasteiger partial charge in [0.2, 0.25) is 0 Å². The van der Waals surface area contributed by atoms with Crippen LogP contribution in [0.5, 0.6) is 5.75 Å². The summed E-state index contributed by atoms with van der Waals surface area (Å²) < 4.78 is 5.05. The fourth-order valence-corrected chi connectivity index (χ4v) is 3.87. The molecule has 1 fully saturated rings. The van der Waals surface area contributed by atoms with E-state index in [2.05, 4.69) is 4.90 Å². The largest absolute Gasteiger partial charge is 0.507 e. The Balaban J connectivity index is 0.00000187. The standard InChI is InChI=1S/C24H30N4O3.C2H6/c1-2-31-24(30)17-11-9-16(10-12-17)18-6-5-13-28(15-18)21(23(26)27)14-20(25)19-7-3-4-8-22(19)29;1-2/h3-4,7-12,14,18,29H,2,5-6,13,15,25-27H2,1H3;1-2H3/b20-14-;. The SMILES string of the molecule is CC.CCOC(=O)c1ccc(C2CCCN(C(/C=C(\N)c3ccccc3O)=C(N)N)C2)cc1. The molecular weight excluding hydrogens is 416 g/mol. The summed E-state index contributed by atoms with van der Waals surface area (Å²) in [6.07, 6.45) is 3.70. The van der Waals surface area contributed by atoms with E-state index in [-0.39, 0.29) is 23.5 Å². The normalized spacial score (nSPS) is 15.8. The third-order valence-electron chi connectivity index (χ3n) is 5.46. The van der Waals surface area contributed by atoms with Crippen molar-refractivity contribution in [2.24, 2.45) is 17.2 Å². The molecule has 1 unspecified atom stereocenters. The molecule has 0 radical (unpaired) electrons. The second-order valence-electron chi connectivity index (χ2n) is 7.59. The van der Waals surface area contributed by atoms with Crippen LogP contribution >= 0.6 is 0 Å². The molecule has 7 nitrogen and oxygen atoms in total. The summed E-state index contributed by atoms with van der Waals surface area (Å²) in [5, 5.41) is 10.1. The molecular formula is C26H36N4O3. The number of hydrogen-bond donors (Lipinski definition) is 4. The molecule has 2 aromatic carbocycles. The summed E-state index contributed by atoms with van der Waals surface area (Å²) in [7, 11) is 0. The quantitative estimate of drug-likeness (QED) is 0.387. The van der Waals surface area contributed by atoms with Gasteiger partial charge >= 0.3 is 5.97 Å². The predicted octanol–water partition coefficient (Wildman–Crippen LogP) is 3.86. The first-order valence-electron chi connectivity index (χ1n) is 11.4. The zero-order valence-corrected chi connectivity index (χ0v) is 19.8. The van der Waals surface area contributed by atoms with Crippen LogP contribution < -0.4 is 17.2 Å². The van der Waals surface area contributed by atoms with Gasteiger partial charge in [-0.2, -0.15) is 0 Å². The van der Waals surface area contributed by atoms with Crippen LogP contribution in [0.1, 0.15) is 61.0 Å². The minimum absolute atomic E-state index is 0.101. The number of phenolic OH excluding ortho intramolecular Hbond substituents is 1. The lowest BCUT2D eigenvalue weighted by molar-refractivity contribution is 0.0526. The Hall–Kier alpha value is -3.61. The minimum Gasteiger partial charge on any atom is -0.507 e. The van der Waals surface area contributed by atoms with Gasteiger partial charge in [0.25, 0.3) is 0 Å². The van der Waals surface area contributed by atoms with Gasteiger partial charge in [-0.25, -0.2) is 4.79 Å². The van der Waals surface area contributed by atoms with E-state index in [0.29, 0.717) is 29.1 Å². The van der Waals surface area contributed by atoms with Gasteiger partial charge in [0.15, 0.2) is 0 Å². The Kier molecular flexibility index (Phi) is 9.66. The zero-order chi connectivity index (χ0) is 24.4. The van der Waals surface area contributed by atoms with E-state index in [4.69, 9.17) is 21.9 Å². The van der Waals surface area contributed by atoms with E-state index >= 15 is 0 Å². The van der Waals surface area contributed by atoms with Crippen molar-refractivity contribution >= 4 is 11.7 Å². The molecule has 1 atom stereocenters. The number of allylic oxidation sites excluding steroid dienone is 1. The van der Waals surface area contributed by atoms with Crippen LogP contribution in [0.3, 0.4) is 0 Å². The molecule has 0 spiro atoms. The second-order valence-corrected chi connectivity index (χ2v) is 7.59. The Labute approximate surface area is 196 Å². The molecule has 7 N–H and O–H groups in total. The highest BCUT2D eigenvalue weighted by atomic mass is 16.5. The molecule has 0 amide bonds. The molecule has 7 heteroatoms. The predicted molar refractivity (Wildman–Crippen MR) is 133 cm³/mol. The number of piperidine rings is 1. The molecule has 178 valence electrons. The van der Waals surface area contributed by atoms with Crippen LogP contribution in [-0.4, -0.2) is 35.7 Å². The molecule has 1 heterocycles. The van der Waals surface area contributed by atoms with E-state index in [1.807, 2.05) is 32.0 Å². The summed E-state index contributed by atoms with van der Waals surface area (Å²) in [5.74, 6) is 0.227. The van der Waals surface area contributed by atoms with E-state index in [1.165, 1.54) is 0 Å². The van der Waals surface area contributed by atoms with Crippen LogP contribution in [0.15, 0.2) is 66.1 Å². The number of hydrogen-bond acceptors (Lipinski definition) is 7. The molecule has 0 saturated carbocycles. The fourth-order valence-electron chi connectivity index (χ4n) is 3.87. The number of rotatable bonds is 6. The molecule has 1 aliphatic rings. The molecule has 1 saturated heterocycles. The van der Waals surface area contributed by atoms with E-state index in [0.717, 1.165) is 31.5 Å². The third kappa shape index (κ3) is 6.68. The number of esters is 1. The van der Waals surface area contributed by atoms with Crippen LogP contribution in [0, 0.1) is 0 Å². The van der Waals surface area contributed by atoms with Crippen molar-refractivity contribution in [3.05, 3.63) is 82.8 Å². The van der Waals surface area contributed by atoms with E-state index < -0.39 is 0 Å². The number of benzene rings is 2. The average Bonchev–Trinajstić information content (AvgIpc) is 2.84. The van der Waals surface area contributed by atoms with Crippen LogP contribution in [0.4, 0.5) is 0 Å². The van der Waals surface area contributed by atoms with E-state index in [1.54, 1.807) is 43.3 Å². The van der Waals surface area contributed by atoms with Gasteiger partial charge in [-0.3, -0.25) is 0 Å². The molecule has 2 aromatic rings. The highest BCUT2D eigenvalue weighted by molar-refractivity contribution is 5.89. The van der Waals surface area contributed by atoms with Gasteiger partial charge < -0.3 is 31.9 Å². The van der Waals surface area contributed by atoms with Crippen LogP contribution in [0.25, 0.3) is 5.70 Å². The average molecular weight is 453 g/mol. The number of para-hydroxylation sites is 1. The highest BCUT2D eigenvalue weighted by Gasteiger charge is 2.24. The van der Waals surface area contributed by atoms with Crippen LogP contribution in [-0.2, 0) is 4.74 Å². The monoisotopic (exact) mass is 452 g/mol.